The normalized spacial score (nSPS) is 13.0. The van der Waals surface area contributed by atoms with Gasteiger partial charge < -0.3 is 4.84 Å². The fourth-order valence-electron chi connectivity index (χ4n) is 3.41. The van der Waals surface area contributed by atoms with Gasteiger partial charge in [0.25, 0.3) is 11.8 Å². The van der Waals surface area contributed by atoms with E-state index in [1.165, 1.54) is 12.1 Å². The summed E-state index contributed by atoms with van der Waals surface area (Å²) in [7, 11) is 0. The van der Waals surface area contributed by atoms with Gasteiger partial charge in [-0.3, -0.25) is 9.59 Å². The van der Waals surface area contributed by atoms with Crippen molar-refractivity contribution in [2.75, 3.05) is 0 Å². The lowest BCUT2D eigenvalue weighted by molar-refractivity contribution is -0.0585. The summed E-state index contributed by atoms with van der Waals surface area (Å²) >= 11 is 1.56. The van der Waals surface area contributed by atoms with Crippen LogP contribution in [-0.2, 0) is 11.3 Å². The van der Waals surface area contributed by atoms with Gasteiger partial charge >= 0.3 is 5.97 Å². The zero-order chi connectivity index (χ0) is 20.7. The lowest BCUT2D eigenvalue weighted by Gasteiger charge is -2.14. The summed E-state index contributed by atoms with van der Waals surface area (Å²) in [6, 6.07) is 21.2. The van der Waals surface area contributed by atoms with Gasteiger partial charge in [-0.25, -0.2) is 9.78 Å². The molecule has 7 heteroatoms. The number of carbonyl (C=O) groups excluding carboxylic acids is 3. The Balaban J connectivity index is 1.41. The highest BCUT2D eigenvalue weighted by atomic mass is 32.1. The van der Waals surface area contributed by atoms with Gasteiger partial charge in [-0.2, -0.15) is 0 Å². The van der Waals surface area contributed by atoms with E-state index in [2.05, 4.69) is 4.98 Å². The van der Waals surface area contributed by atoms with E-state index in [1.807, 2.05) is 36.4 Å². The Bertz CT molecular complexity index is 1260. The Morgan fingerprint density at radius 2 is 1.50 bits per heavy atom. The maximum atomic E-state index is 12.8. The summed E-state index contributed by atoms with van der Waals surface area (Å²) in [4.78, 5) is 47.6. The number of carbonyl (C=O) groups is 3. The van der Waals surface area contributed by atoms with Crippen molar-refractivity contribution in [2.45, 2.75) is 6.42 Å². The minimum absolute atomic E-state index is 0.220. The third kappa shape index (κ3) is 3.05. The second kappa shape index (κ2) is 7.20. The first-order valence-corrected chi connectivity index (χ1v) is 10.1. The highest BCUT2D eigenvalue weighted by Gasteiger charge is 2.39. The van der Waals surface area contributed by atoms with Crippen LogP contribution < -0.4 is 0 Å². The van der Waals surface area contributed by atoms with Gasteiger partial charge in [0.1, 0.15) is 0 Å². The number of amides is 2. The summed E-state index contributed by atoms with van der Waals surface area (Å²) in [6.45, 7) is 0. The number of hydrogen-bond acceptors (Lipinski definition) is 6. The van der Waals surface area contributed by atoms with Gasteiger partial charge in [0.2, 0.25) is 0 Å². The molecule has 30 heavy (non-hydrogen) atoms. The second-order valence-electron chi connectivity index (χ2n) is 6.74. The van der Waals surface area contributed by atoms with Crippen molar-refractivity contribution in [1.82, 2.24) is 10.0 Å². The zero-order valence-corrected chi connectivity index (χ0v) is 16.4. The van der Waals surface area contributed by atoms with Gasteiger partial charge in [-0.15, -0.1) is 11.3 Å². The molecule has 0 aliphatic carbocycles. The van der Waals surface area contributed by atoms with Crippen LogP contribution in [0, 0.1) is 0 Å². The molecule has 6 nitrogen and oxygen atoms in total. The molecular weight excluding hydrogens is 400 g/mol. The van der Waals surface area contributed by atoms with E-state index in [1.54, 1.807) is 35.6 Å². The molecule has 3 aromatic carbocycles. The van der Waals surface area contributed by atoms with Gasteiger partial charge in [-0.05, 0) is 35.9 Å². The van der Waals surface area contributed by atoms with Crippen molar-refractivity contribution in [2.24, 2.45) is 0 Å². The van der Waals surface area contributed by atoms with E-state index < -0.39 is 17.8 Å². The predicted octanol–water partition coefficient (Wildman–Crippen LogP) is 4.26. The second-order valence-corrected chi connectivity index (χ2v) is 7.85. The number of fused-ring (bicyclic) bond motifs is 2. The van der Waals surface area contributed by atoms with E-state index in [4.69, 9.17) is 4.84 Å². The first-order valence-electron chi connectivity index (χ1n) is 9.24. The Morgan fingerprint density at radius 3 is 2.23 bits per heavy atom. The number of thiazole rings is 1. The number of hydrogen-bond donors (Lipinski definition) is 0. The number of aromatic nitrogens is 1. The smallest absolute Gasteiger partial charge is 0.324 e. The Hall–Kier alpha value is -3.84. The number of para-hydroxylation sites is 1. The topological polar surface area (TPSA) is 76.6 Å². The van der Waals surface area contributed by atoms with Crippen LogP contribution in [0.3, 0.4) is 0 Å². The molecule has 1 aliphatic heterocycles. The maximum absolute atomic E-state index is 12.8. The number of benzene rings is 3. The van der Waals surface area contributed by atoms with Crippen LogP contribution in [-0.4, -0.2) is 27.8 Å². The highest BCUT2D eigenvalue weighted by Crippen LogP contribution is 2.26. The monoisotopic (exact) mass is 414 g/mol. The summed E-state index contributed by atoms with van der Waals surface area (Å²) in [5.74, 6) is -2.05. The van der Waals surface area contributed by atoms with Crippen molar-refractivity contribution in [1.29, 1.82) is 0 Å². The van der Waals surface area contributed by atoms with E-state index in [0.29, 0.717) is 17.0 Å². The number of rotatable bonds is 4. The molecule has 2 amide bonds. The van der Waals surface area contributed by atoms with Crippen molar-refractivity contribution in [3.8, 4) is 0 Å². The molecule has 146 valence electrons. The molecule has 1 aliphatic rings. The van der Waals surface area contributed by atoms with Crippen molar-refractivity contribution in [3.05, 3.63) is 100 Å². The third-order valence-corrected chi connectivity index (χ3v) is 5.88. The first-order chi connectivity index (χ1) is 14.6. The summed E-state index contributed by atoms with van der Waals surface area (Å²) in [5, 5.41) is 1.39. The van der Waals surface area contributed by atoms with Crippen LogP contribution in [0.25, 0.3) is 10.2 Å². The summed E-state index contributed by atoms with van der Waals surface area (Å²) in [5.41, 5.74) is 2.34. The molecule has 0 fully saturated rings. The van der Waals surface area contributed by atoms with E-state index in [0.717, 1.165) is 15.2 Å². The van der Waals surface area contributed by atoms with Crippen molar-refractivity contribution >= 4 is 39.3 Å². The van der Waals surface area contributed by atoms with E-state index in [9.17, 15) is 14.4 Å². The minimum Gasteiger partial charge on any atom is -0.324 e. The molecule has 0 saturated carbocycles. The van der Waals surface area contributed by atoms with Crippen LogP contribution >= 0.6 is 11.3 Å². The van der Waals surface area contributed by atoms with Crippen molar-refractivity contribution < 1.29 is 19.2 Å². The van der Waals surface area contributed by atoms with Gasteiger partial charge in [0, 0.05) is 6.42 Å². The number of hydroxylamine groups is 2. The summed E-state index contributed by atoms with van der Waals surface area (Å²) in [6.07, 6.45) is 0.437. The maximum Gasteiger partial charge on any atom is 0.364 e. The lowest BCUT2D eigenvalue weighted by atomic mass is 10.1. The van der Waals surface area contributed by atoms with Crippen LogP contribution in [0.4, 0.5) is 0 Å². The first kappa shape index (κ1) is 18.2. The van der Waals surface area contributed by atoms with Gasteiger partial charge in [-0.1, -0.05) is 47.5 Å². The van der Waals surface area contributed by atoms with E-state index >= 15 is 0 Å². The fraction of sp³-hybridized carbons (Fsp3) is 0.0435. The number of imide groups is 1. The molecule has 4 aromatic rings. The summed E-state index contributed by atoms with van der Waals surface area (Å²) < 4.78 is 1.07. The van der Waals surface area contributed by atoms with Gasteiger partial charge in [0.05, 0.1) is 31.9 Å². The average molecular weight is 414 g/mol. The van der Waals surface area contributed by atoms with Crippen LogP contribution in [0.15, 0.2) is 72.8 Å². The fourth-order valence-corrected chi connectivity index (χ4v) is 4.40. The molecule has 0 spiro atoms. The predicted molar refractivity (Wildman–Crippen MR) is 111 cm³/mol. The molecule has 1 aromatic heterocycles. The molecule has 0 unspecified atom stereocenters. The van der Waals surface area contributed by atoms with Crippen LogP contribution in [0.2, 0.25) is 0 Å². The Morgan fingerprint density at radius 1 is 0.867 bits per heavy atom. The third-order valence-electron chi connectivity index (χ3n) is 4.85. The molecule has 5 rings (SSSR count). The molecule has 0 atom stereocenters. The van der Waals surface area contributed by atoms with Crippen LogP contribution in [0.1, 0.15) is 41.6 Å². The molecular formula is C23H14N2O4S. The molecule has 2 heterocycles. The SMILES string of the molecule is O=C(ON1C(=O)c2ccccc2C1=O)c1ccccc1Cc1nc2ccccc2s1. The molecule has 0 bridgehead atoms. The zero-order valence-electron chi connectivity index (χ0n) is 15.6. The standard InChI is InChI=1S/C23H14N2O4S/c26-21-16-9-3-4-10-17(16)22(27)25(21)29-23(28)15-8-2-1-7-14(15)13-20-24-18-11-5-6-12-19(18)30-20/h1-12H,13H2. The highest BCUT2D eigenvalue weighted by molar-refractivity contribution is 7.18. The van der Waals surface area contributed by atoms with Gasteiger partial charge in [0.15, 0.2) is 0 Å². The molecule has 0 N–H and O–H groups in total. The number of nitrogens with zero attached hydrogens (tertiary/aromatic N) is 2. The Labute approximate surface area is 175 Å². The molecule has 0 radical (unpaired) electrons. The molecule has 0 saturated heterocycles. The quantitative estimate of drug-likeness (QED) is 0.467. The van der Waals surface area contributed by atoms with Crippen LogP contribution in [0.5, 0.6) is 0 Å². The largest absolute Gasteiger partial charge is 0.364 e. The lowest BCUT2D eigenvalue weighted by Crippen LogP contribution is -2.33. The average Bonchev–Trinajstić information content (AvgIpc) is 3.28. The van der Waals surface area contributed by atoms with Crippen molar-refractivity contribution in [3.63, 3.8) is 0 Å². The Kier molecular flexibility index (Phi) is 4.37. The minimum atomic E-state index is -0.763. The van der Waals surface area contributed by atoms with E-state index in [-0.39, 0.29) is 16.7 Å².